The SMILES string of the molecule is Cn1cc(-c2cn3ncc(C#N)c3c(-c3ccc(N4CCC(N=S(C)(=O)c5ccccc5)CC4)nc3)n2)cn1. The van der Waals surface area contributed by atoms with Gasteiger partial charge in [-0.15, -0.1) is 0 Å². The van der Waals surface area contributed by atoms with E-state index in [0.29, 0.717) is 22.5 Å². The van der Waals surface area contributed by atoms with E-state index in [4.69, 9.17) is 14.3 Å². The lowest BCUT2D eigenvalue weighted by Gasteiger charge is -2.31. The molecule has 196 valence electrons. The molecule has 0 saturated carbocycles. The number of hydrogen-bond acceptors (Lipinski definition) is 8. The Labute approximate surface area is 226 Å². The van der Waals surface area contributed by atoms with E-state index in [2.05, 4.69) is 21.2 Å². The van der Waals surface area contributed by atoms with Gasteiger partial charge in [0.05, 0.1) is 45.7 Å². The van der Waals surface area contributed by atoms with Crippen LogP contribution in [0.3, 0.4) is 0 Å². The van der Waals surface area contributed by atoms with Crippen LogP contribution in [0.25, 0.3) is 28.0 Å². The minimum absolute atomic E-state index is 0.0530. The normalized spacial score (nSPS) is 15.7. The van der Waals surface area contributed by atoms with Gasteiger partial charge in [-0.1, -0.05) is 18.2 Å². The van der Waals surface area contributed by atoms with E-state index in [1.165, 1.54) is 0 Å². The Morgan fingerprint density at radius 1 is 1.00 bits per heavy atom. The third-order valence-electron chi connectivity index (χ3n) is 6.96. The number of piperidine rings is 1. The summed E-state index contributed by atoms with van der Waals surface area (Å²) in [4.78, 5) is 12.6. The highest BCUT2D eigenvalue weighted by atomic mass is 32.2. The number of aryl methyl sites for hydroxylation is 1. The molecule has 5 aromatic rings. The van der Waals surface area contributed by atoms with E-state index in [1.807, 2.05) is 55.7 Å². The number of fused-ring (bicyclic) bond motifs is 1. The number of benzene rings is 1. The molecular weight excluding hydrogens is 510 g/mol. The minimum Gasteiger partial charge on any atom is -0.356 e. The van der Waals surface area contributed by atoms with E-state index in [-0.39, 0.29) is 6.04 Å². The summed E-state index contributed by atoms with van der Waals surface area (Å²) in [6.45, 7) is 1.57. The fourth-order valence-corrected chi connectivity index (χ4v) is 6.49. The molecule has 10 nitrogen and oxygen atoms in total. The third kappa shape index (κ3) is 4.86. The Bertz CT molecular complexity index is 1800. The van der Waals surface area contributed by atoms with Crippen LogP contribution in [0.1, 0.15) is 18.4 Å². The molecule has 11 heteroatoms. The van der Waals surface area contributed by atoms with Gasteiger partial charge in [-0.25, -0.2) is 23.1 Å². The first-order valence-electron chi connectivity index (χ1n) is 12.7. The lowest BCUT2D eigenvalue weighted by molar-refractivity contribution is 0.502. The zero-order valence-corrected chi connectivity index (χ0v) is 22.5. The van der Waals surface area contributed by atoms with Gasteiger partial charge >= 0.3 is 0 Å². The summed E-state index contributed by atoms with van der Waals surface area (Å²) in [5, 5.41) is 18.3. The first-order chi connectivity index (χ1) is 18.9. The molecule has 1 atom stereocenters. The van der Waals surface area contributed by atoms with Crippen molar-refractivity contribution in [2.24, 2.45) is 11.4 Å². The van der Waals surface area contributed by atoms with Gasteiger partial charge in [0.25, 0.3) is 0 Å². The molecule has 0 radical (unpaired) electrons. The minimum atomic E-state index is -2.42. The Morgan fingerprint density at radius 2 is 1.79 bits per heavy atom. The van der Waals surface area contributed by atoms with Crippen molar-refractivity contribution in [1.29, 1.82) is 5.26 Å². The maximum absolute atomic E-state index is 13.2. The standard InChI is InChI=1S/C28H27N9OS/c1-35-18-22(17-31-35)25-19-37-28(21(14-29)16-32-37)27(33-25)20-8-9-26(30-15-20)36-12-10-23(11-13-36)34-39(2,38)24-6-4-3-5-7-24/h3-9,15-19,23H,10-13H2,1-2H3. The highest BCUT2D eigenvalue weighted by Crippen LogP contribution is 2.30. The lowest BCUT2D eigenvalue weighted by atomic mass is 10.1. The van der Waals surface area contributed by atoms with Crippen molar-refractivity contribution in [3.8, 4) is 28.6 Å². The van der Waals surface area contributed by atoms with Crippen molar-refractivity contribution in [3.05, 3.63) is 79.0 Å². The molecule has 1 saturated heterocycles. The van der Waals surface area contributed by atoms with Crippen molar-refractivity contribution in [3.63, 3.8) is 0 Å². The summed E-state index contributed by atoms with van der Waals surface area (Å²) in [7, 11) is -0.566. The van der Waals surface area contributed by atoms with Gasteiger partial charge in [0.1, 0.15) is 23.0 Å². The molecule has 1 unspecified atom stereocenters. The van der Waals surface area contributed by atoms with Gasteiger partial charge in [0.15, 0.2) is 0 Å². The third-order valence-corrected chi connectivity index (χ3v) is 8.81. The van der Waals surface area contributed by atoms with Gasteiger partial charge in [0.2, 0.25) is 0 Å². The zero-order valence-electron chi connectivity index (χ0n) is 21.7. The largest absolute Gasteiger partial charge is 0.356 e. The zero-order chi connectivity index (χ0) is 27.0. The van der Waals surface area contributed by atoms with Crippen LogP contribution in [0.15, 0.2) is 82.7 Å². The van der Waals surface area contributed by atoms with Crippen molar-refractivity contribution in [1.82, 2.24) is 29.4 Å². The molecule has 0 bridgehead atoms. The topological polar surface area (TPSA) is 117 Å². The summed E-state index contributed by atoms with van der Waals surface area (Å²) < 4.78 is 21.3. The second-order valence-electron chi connectivity index (χ2n) is 9.68. The van der Waals surface area contributed by atoms with Gasteiger partial charge in [0, 0.05) is 54.8 Å². The average Bonchev–Trinajstić information content (AvgIpc) is 3.59. The van der Waals surface area contributed by atoms with E-state index in [1.54, 1.807) is 40.2 Å². The molecule has 5 heterocycles. The molecule has 0 N–H and O–H groups in total. The van der Waals surface area contributed by atoms with Crippen molar-refractivity contribution in [2.45, 2.75) is 23.8 Å². The molecule has 1 aliphatic rings. The summed E-state index contributed by atoms with van der Waals surface area (Å²) >= 11 is 0. The Morgan fingerprint density at radius 3 is 2.46 bits per heavy atom. The first kappa shape index (κ1) is 24.8. The molecule has 1 fully saturated rings. The number of hydrogen-bond donors (Lipinski definition) is 0. The Balaban J connectivity index is 1.24. The molecule has 0 aliphatic carbocycles. The van der Waals surface area contributed by atoms with Gasteiger partial charge in [-0.2, -0.15) is 15.5 Å². The fraction of sp³-hybridized carbons (Fsp3) is 0.250. The second-order valence-corrected chi connectivity index (χ2v) is 12.0. The average molecular weight is 538 g/mol. The molecule has 1 aliphatic heterocycles. The van der Waals surface area contributed by atoms with Crippen molar-refractivity contribution in [2.75, 3.05) is 24.2 Å². The molecule has 6 rings (SSSR count). The molecule has 0 amide bonds. The van der Waals surface area contributed by atoms with Gasteiger partial charge in [-0.3, -0.25) is 4.68 Å². The van der Waals surface area contributed by atoms with Crippen molar-refractivity contribution >= 4 is 21.1 Å². The highest BCUT2D eigenvalue weighted by Gasteiger charge is 2.22. The number of rotatable bonds is 5. The maximum atomic E-state index is 13.2. The fourth-order valence-electron chi connectivity index (χ4n) is 4.92. The molecule has 1 aromatic carbocycles. The maximum Gasteiger partial charge on any atom is 0.128 e. The van der Waals surface area contributed by atoms with Crippen LogP contribution in [-0.2, 0) is 16.8 Å². The lowest BCUT2D eigenvalue weighted by Crippen LogP contribution is -2.36. The van der Waals surface area contributed by atoms with Crippen LogP contribution in [0.4, 0.5) is 5.82 Å². The summed E-state index contributed by atoms with van der Waals surface area (Å²) in [6, 6.07) is 15.7. The smallest absolute Gasteiger partial charge is 0.128 e. The van der Waals surface area contributed by atoms with Crippen molar-refractivity contribution < 1.29 is 4.21 Å². The monoisotopic (exact) mass is 537 g/mol. The van der Waals surface area contributed by atoms with E-state index in [9.17, 15) is 9.47 Å². The number of pyridine rings is 1. The van der Waals surface area contributed by atoms with Gasteiger partial charge in [-0.05, 0) is 37.1 Å². The van der Waals surface area contributed by atoms with Crippen LogP contribution in [-0.4, -0.2) is 59.0 Å². The van der Waals surface area contributed by atoms with Gasteiger partial charge < -0.3 is 4.90 Å². The van der Waals surface area contributed by atoms with Crippen LogP contribution in [0, 0.1) is 11.3 Å². The number of anilines is 1. The number of aromatic nitrogens is 6. The first-order valence-corrected chi connectivity index (χ1v) is 14.6. The van der Waals surface area contributed by atoms with E-state index >= 15 is 0 Å². The predicted molar refractivity (Wildman–Crippen MR) is 150 cm³/mol. The molecule has 0 spiro atoms. The van der Waals surface area contributed by atoms with E-state index in [0.717, 1.165) is 47.8 Å². The summed E-state index contributed by atoms with van der Waals surface area (Å²) in [6.07, 6.45) is 12.2. The van der Waals surface area contributed by atoms with E-state index < -0.39 is 9.73 Å². The Kier molecular flexibility index (Phi) is 6.32. The van der Waals surface area contributed by atoms with Crippen LogP contribution < -0.4 is 4.90 Å². The number of nitriles is 1. The number of nitrogens with zero attached hydrogens (tertiary/aromatic N) is 9. The van der Waals surface area contributed by atoms with Crippen LogP contribution in [0.2, 0.25) is 0 Å². The molecule has 4 aromatic heterocycles. The quantitative estimate of drug-likeness (QED) is 0.330. The second kappa shape index (κ2) is 9.96. The highest BCUT2D eigenvalue weighted by molar-refractivity contribution is 7.93. The predicted octanol–water partition coefficient (Wildman–Crippen LogP) is 4.19. The molecule has 39 heavy (non-hydrogen) atoms. The summed E-state index contributed by atoms with van der Waals surface area (Å²) in [5.74, 6) is 0.867. The molecular formula is C28H27N9OS. The van der Waals surface area contributed by atoms with Crippen LogP contribution in [0.5, 0.6) is 0 Å². The van der Waals surface area contributed by atoms with Crippen LogP contribution >= 0.6 is 0 Å². The Hall–Kier alpha value is -4.56. The summed E-state index contributed by atoms with van der Waals surface area (Å²) in [5.41, 5.74) is 4.09.